The van der Waals surface area contributed by atoms with Gasteiger partial charge in [0.1, 0.15) is 22.7 Å². The van der Waals surface area contributed by atoms with Gasteiger partial charge in [-0.2, -0.15) is 13.2 Å². The van der Waals surface area contributed by atoms with Crippen LogP contribution >= 0.6 is 0 Å². The van der Waals surface area contributed by atoms with E-state index in [2.05, 4.69) is 20.2 Å². The maximum atomic E-state index is 13.8. The molecule has 0 N–H and O–H groups in total. The highest BCUT2D eigenvalue weighted by atomic mass is 19.4. The van der Waals surface area contributed by atoms with Gasteiger partial charge in [-0.05, 0) is 18.2 Å². The lowest BCUT2D eigenvalue weighted by molar-refractivity contribution is -0.136. The Balaban J connectivity index is 1.73. The number of pyridine rings is 2. The highest BCUT2D eigenvalue weighted by Gasteiger charge is 2.35. The van der Waals surface area contributed by atoms with E-state index >= 15 is 0 Å². The molecule has 0 saturated carbocycles. The number of carbonyl (C=O) groups excluding carboxylic acids is 1. The molecule has 4 aromatic heterocycles. The number of imidazole rings is 1. The van der Waals surface area contributed by atoms with Gasteiger partial charge in [0, 0.05) is 24.7 Å². The van der Waals surface area contributed by atoms with Gasteiger partial charge < -0.3 is 14.1 Å². The quantitative estimate of drug-likeness (QED) is 0.493. The number of halogens is 3. The highest BCUT2D eigenvalue weighted by Crippen LogP contribution is 2.35. The van der Waals surface area contributed by atoms with Crippen LogP contribution in [0, 0.1) is 0 Å². The number of amides is 1. The molecule has 1 aliphatic heterocycles. The van der Waals surface area contributed by atoms with Gasteiger partial charge in [0.2, 0.25) is 6.39 Å². The largest absolute Gasteiger partial charge is 0.422 e. The fourth-order valence-corrected chi connectivity index (χ4v) is 3.39. The molecule has 9 nitrogen and oxygen atoms in total. The molecule has 0 spiro atoms. The first-order valence-electron chi connectivity index (χ1n) is 8.95. The first-order chi connectivity index (χ1) is 14.4. The molecule has 1 amide bonds. The first kappa shape index (κ1) is 18.5. The molecule has 0 unspecified atom stereocenters. The van der Waals surface area contributed by atoms with Crippen LogP contribution in [0.15, 0.2) is 35.2 Å². The number of rotatable bonds is 2. The molecule has 4 aromatic rings. The summed E-state index contributed by atoms with van der Waals surface area (Å²) in [6.45, 7) is 1.22. The summed E-state index contributed by atoms with van der Waals surface area (Å²) in [6, 6.07) is 3.51. The third kappa shape index (κ3) is 3.05. The van der Waals surface area contributed by atoms with E-state index in [-0.39, 0.29) is 41.4 Å². The van der Waals surface area contributed by atoms with E-state index in [9.17, 15) is 18.0 Å². The zero-order chi connectivity index (χ0) is 20.9. The monoisotopic (exact) mass is 418 g/mol. The van der Waals surface area contributed by atoms with Crippen molar-refractivity contribution in [3.05, 3.63) is 42.0 Å². The van der Waals surface area contributed by atoms with Gasteiger partial charge in [-0.15, -0.1) is 10.2 Å². The number of hydrogen-bond donors (Lipinski definition) is 0. The molecule has 5 rings (SSSR count). The van der Waals surface area contributed by atoms with E-state index in [1.165, 1.54) is 27.6 Å². The van der Waals surface area contributed by atoms with Crippen LogP contribution in [0.1, 0.15) is 16.1 Å². The zero-order valence-corrected chi connectivity index (χ0v) is 15.3. The van der Waals surface area contributed by atoms with Crippen molar-refractivity contribution < 1.29 is 27.1 Å². The summed E-state index contributed by atoms with van der Waals surface area (Å²) >= 11 is 0. The van der Waals surface area contributed by atoms with Crippen LogP contribution in [-0.2, 0) is 10.9 Å². The Morgan fingerprint density at radius 2 is 1.93 bits per heavy atom. The van der Waals surface area contributed by atoms with Crippen molar-refractivity contribution in [3.8, 4) is 11.6 Å². The van der Waals surface area contributed by atoms with Gasteiger partial charge in [-0.1, -0.05) is 0 Å². The molecular formula is C18H13F3N6O3. The Kier molecular flexibility index (Phi) is 4.17. The number of hydrogen-bond acceptors (Lipinski definition) is 7. The molecule has 5 heterocycles. The Morgan fingerprint density at radius 3 is 2.63 bits per heavy atom. The number of morpholine rings is 1. The summed E-state index contributed by atoms with van der Waals surface area (Å²) in [5.41, 5.74) is -0.680. The average Bonchev–Trinajstić information content (AvgIpc) is 3.42. The number of aromatic nitrogens is 5. The van der Waals surface area contributed by atoms with E-state index in [0.29, 0.717) is 18.9 Å². The van der Waals surface area contributed by atoms with Crippen LogP contribution in [0.25, 0.3) is 28.3 Å². The predicted molar refractivity (Wildman–Crippen MR) is 95.5 cm³/mol. The van der Waals surface area contributed by atoms with Crippen LogP contribution in [0.5, 0.6) is 0 Å². The first-order valence-corrected chi connectivity index (χ1v) is 8.95. The molecule has 154 valence electrons. The SMILES string of the molecule is O=C(c1cc(C(F)(F)F)c2ccc3nc(-c4nnco4)cn3c2n1)N1CCOCC1. The smallest absolute Gasteiger partial charge is 0.417 e. The number of ether oxygens (including phenoxy) is 1. The summed E-state index contributed by atoms with van der Waals surface area (Å²) in [6.07, 6.45) is -2.11. The van der Waals surface area contributed by atoms with Crippen molar-refractivity contribution >= 4 is 22.6 Å². The molecule has 30 heavy (non-hydrogen) atoms. The average molecular weight is 418 g/mol. The van der Waals surface area contributed by atoms with Gasteiger partial charge in [-0.3, -0.25) is 9.20 Å². The molecule has 1 aliphatic rings. The van der Waals surface area contributed by atoms with Crippen molar-refractivity contribution in [1.29, 1.82) is 0 Å². The minimum atomic E-state index is -4.68. The summed E-state index contributed by atoms with van der Waals surface area (Å²) in [4.78, 5) is 22.8. The van der Waals surface area contributed by atoms with Crippen LogP contribution in [-0.4, -0.2) is 61.7 Å². The Labute approximate surface area is 166 Å². The minimum Gasteiger partial charge on any atom is -0.422 e. The maximum absolute atomic E-state index is 13.8. The molecule has 0 bridgehead atoms. The molecule has 12 heteroatoms. The maximum Gasteiger partial charge on any atom is 0.417 e. The molecule has 0 radical (unpaired) electrons. The Hall–Kier alpha value is -3.54. The lowest BCUT2D eigenvalue weighted by atomic mass is 10.1. The topological polar surface area (TPSA) is 98.6 Å². The van der Waals surface area contributed by atoms with E-state index in [0.717, 1.165) is 12.5 Å². The Morgan fingerprint density at radius 1 is 1.13 bits per heavy atom. The second-order valence-electron chi connectivity index (χ2n) is 6.63. The van der Waals surface area contributed by atoms with Gasteiger partial charge in [0.15, 0.2) is 0 Å². The van der Waals surface area contributed by atoms with E-state index in [4.69, 9.17) is 9.15 Å². The lowest BCUT2D eigenvalue weighted by Crippen LogP contribution is -2.41. The van der Waals surface area contributed by atoms with Crippen molar-refractivity contribution in [3.63, 3.8) is 0 Å². The summed E-state index contributed by atoms with van der Waals surface area (Å²) in [5.74, 6) is -0.469. The summed E-state index contributed by atoms with van der Waals surface area (Å²) in [5, 5.41) is 7.19. The van der Waals surface area contributed by atoms with Crippen molar-refractivity contribution in [2.24, 2.45) is 0 Å². The standard InChI is InChI=1S/C18H13F3N6O3/c19-18(20,21)11-7-12(17(28)26-3-5-29-6-4-26)24-15-10(11)1-2-14-23-13(8-27(14)15)16-25-22-9-30-16/h1-2,7-9H,3-6H2. The molecule has 1 fully saturated rings. The minimum absolute atomic E-state index is 0.0443. The number of fused-ring (bicyclic) bond motifs is 3. The number of alkyl halides is 3. The van der Waals surface area contributed by atoms with Gasteiger partial charge >= 0.3 is 6.18 Å². The van der Waals surface area contributed by atoms with Crippen molar-refractivity contribution in [1.82, 2.24) is 29.5 Å². The highest BCUT2D eigenvalue weighted by molar-refractivity contribution is 5.96. The molecule has 0 aromatic carbocycles. The number of carbonyl (C=O) groups is 1. The van der Waals surface area contributed by atoms with Gasteiger partial charge in [-0.25, -0.2) is 9.97 Å². The fraction of sp³-hybridized carbons (Fsp3) is 0.278. The molecule has 0 atom stereocenters. The van der Waals surface area contributed by atoms with Crippen LogP contribution in [0.3, 0.4) is 0 Å². The molecule has 1 saturated heterocycles. The summed E-state index contributed by atoms with van der Waals surface area (Å²) < 4.78 is 53.1. The fourth-order valence-electron chi connectivity index (χ4n) is 3.39. The van der Waals surface area contributed by atoms with Crippen molar-refractivity contribution in [2.75, 3.05) is 26.3 Å². The van der Waals surface area contributed by atoms with E-state index in [1.54, 1.807) is 0 Å². The third-order valence-corrected chi connectivity index (χ3v) is 4.80. The normalized spacial score (nSPS) is 15.2. The van der Waals surface area contributed by atoms with E-state index < -0.39 is 17.6 Å². The van der Waals surface area contributed by atoms with E-state index in [1.807, 2.05) is 0 Å². The zero-order valence-electron chi connectivity index (χ0n) is 15.3. The lowest BCUT2D eigenvalue weighted by Gasteiger charge is -2.26. The number of nitrogens with zero attached hydrogens (tertiary/aromatic N) is 6. The second-order valence-corrected chi connectivity index (χ2v) is 6.63. The predicted octanol–water partition coefficient (Wildman–Crippen LogP) is 2.42. The second kappa shape index (κ2) is 6.76. The molecule has 0 aliphatic carbocycles. The summed E-state index contributed by atoms with van der Waals surface area (Å²) in [7, 11) is 0. The van der Waals surface area contributed by atoms with Gasteiger partial charge in [0.05, 0.1) is 18.8 Å². The van der Waals surface area contributed by atoms with Crippen LogP contribution in [0.2, 0.25) is 0 Å². The third-order valence-electron chi connectivity index (χ3n) is 4.80. The van der Waals surface area contributed by atoms with Crippen molar-refractivity contribution in [2.45, 2.75) is 6.18 Å². The van der Waals surface area contributed by atoms with Crippen LogP contribution in [0.4, 0.5) is 13.2 Å². The molecular weight excluding hydrogens is 405 g/mol. The Bertz CT molecular complexity index is 1250. The van der Waals surface area contributed by atoms with Crippen LogP contribution < -0.4 is 0 Å². The van der Waals surface area contributed by atoms with Gasteiger partial charge in [0.25, 0.3) is 11.8 Å².